The van der Waals surface area contributed by atoms with Crippen LogP contribution in [0.1, 0.15) is 15.9 Å². The summed E-state index contributed by atoms with van der Waals surface area (Å²) in [5, 5.41) is 2.89. The number of hydrogen-bond acceptors (Lipinski definition) is 3. The smallest absolute Gasteiger partial charge is 0.255 e. The molecule has 22 heavy (non-hydrogen) atoms. The maximum atomic E-state index is 12.3. The van der Waals surface area contributed by atoms with Crippen molar-refractivity contribution in [2.75, 3.05) is 19.0 Å². The van der Waals surface area contributed by atoms with Crippen molar-refractivity contribution < 1.29 is 14.3 Å². The molecule has 0 unspecified atom stereocenters. The van der Waals surface area contributed by atoms with E-state index in [1.54, 1.807) is 31.4 Å². The summed E-state index contributed by atoms with van der Waals surface area (Å²) in [6.45, 7) is 5.93. The summed E-state index contributed by atoms with van der Waals surface area (Å²) in [5.74, 6) is 0.900. The third-order valence-corrected chi connectivity index (χ3v) is 3.18. The summed E-state index contributed by atoms with van der Waals surface area (Å²) in [5.41, 5.74) is 2.30. The van der Waals surface area contributed by atoms with Crippen LogP contribution in [-0.2, 0) is 0 Å². The van der Waals surface area contributed by atoms with E-state index in [-0.39, 0.29) is 5.91 Å². The quantitative estimate of drug-likeness (QED) is 0.825. The number of carbonyl (C=O) groups excluding carboxylic acids is 1. The van der Waals surface area contributed by atoms with Gasteiger partial charge in [-0.15, -0.1) is 0 Å². The number of ether oxygens (including phenoxy) is 2. The Morgan fingerprint density at radius 2 is 2.00 bits per heavy atom. The van der Waals surface area contributed by atoms with Gasteiger partial charge in [0.05, 0.1) is 7.11 Å². The van der Waals surface area contributed by atoms with E-state index in [2.05, 4.69) is 11.9 Å². The van der Waals surface area contributed by atoms with Crippen LogP contribution in [0.4, 0.5) is 5.69 Å². The highest BCUT2D eigenvalue weighted by Gasteiger charge is 2.12. The van der Waals surface area contributed by atoms with Gasteiger partial charge < -0.3 is 14.8 Å². The molecule has 114 valence electrons. The lowest BCUT2D eigenvalue weighted by molar-refractivity contribution is 0.102. The van der Waals surface area contributed by atoms with Crippen LogP contribution in [0, 0.1) is 6.92 Å². The molecule has 0 aromatic heterocycles. The first-order chi connectivity index (χ1) is 10.7. The van der Waals surface area contributed by atoms with E-state index >= 15 is 0 Å². The number of hydrogen-bond donors (Lipinski definition) is 1. The summed E-state index contributed by atoms with van der Waals surface area (Å²) >= 11 is 0. The minimum absolute atomic E-state index is 0.192. The molecule has 1 N–H and O–H groups in total. The van der Waals surface area contributed by atoms with Gasteiger partial charge in [0.25, 0.3) is 5.91 Å². The molecule has 0 aliphatic carbocycles. The third kappa shape index (κ3) is 3.67. The van der Waals surface area contributed by atoms with Gasteiger partial charge in [0, 0.05) is 11.3 Å². The molecular weight excluding hydrogens is 278 g/mol. The highest BCUT2D eigenvalue weighted by molar-refractivity contribution is 6.05. The van der Waals surface area contributed by atoms with Crippen LogP contribution >= 0.6 is 0 Å². The second kappa shape index (κ2) is 7.31. The Labute approximate surface area is 130 Å². The molecule has 0 heterocycles. The number of rotatable bonds is 6. The molecule has 1 amide bonds. The lowest BCUT2D eigenvalue weighted by atomic mass is 10.1. The average Bonchev–Trinajstić information content (AvgIpc) is 2.54. The molecule has 4 nitrogen and oxygen atoms in total. The fraction of sp³-hybridized carbons (Fsp3) is 0.167. The molecule has 2 aromatic rings. The van der Waals surface area contributed by atoms with Crippen molar-refractivity contribution in [3.63, 3.8) is 0 Å². The van der Waals surface area contributed by atoms with Gasteiger partial charge in [-0.25, -0.2) is 0 Å². The summed E-state index contributed by atoms with van der Waals surface area (Å²) < 4.78 is 10.7. The molecule has 0 saturated heterocycles. The van der Waals surface area contributed by atoms with Gasteiger partial charge in [-0.1, -0.05) is 30.9 Å². The molecular formula is C18H19NO3. The number of para-hydroxylation sites is 1. The monoisotopic (exact) mass is 297 g/mol. The molecule has 0 saturated carbocycles. The molecule has 4 heteroatoms. The van der Waals surface area contributed by atoms with Crippen molar-refractivity contribution in [1.29, 1.82) is 0 Å². The van der Waals surface area contributed by atoms with Crippen LogP contribution in [0.3, 0.4) is 0 Å². The van der Waals surface area contributed by atoms with E-state index in [1.165, 1.54) is 0 Å². The van der Waals surface area contributed by atoms with Gasteiger partial charge in [-0.3, -0.25) is 4.79 Å². The minimum atomic E-state index is -0.192. The molecule has 2 aromatic carbocycles. The molecule has 0 radical (unpaired) electrons. The van der Waals surface area contributed by atoms with Crippen molar-refractivity contribution >= 4 is 11.6 Å². The standard InChI is InChI=1S/C18H19NO3/c1-4-11-22-16-10-9-14(12-17(16)21-3)18(20)19-15-8-6-5-7-13(15)2/h4-10,12H,1,11H2,2-3H3,(H,19,20). The first-order valence-corrected chi connectivity index (χ1v) is 6.94. The number of carbonyl (C=O) groups is 1. The van der Waals surface area contributed by atoms with E-state index in [0.717, 1.165) is 11.3 Å². The third-order valence-electron chi connectivity index (χ3n) is 3.18. The van der Waals surface area contributed by atoms with Crippen molar-refractivity contribution in [1.82, 2.24) is 0 Å². The van der Waals surface area contributed by atoms with Crippen molar-refractivity contribution in [3.05, 3.63) is 66.2 Å². The Morgan fingerprint density at radius 1 is 1.23 bits per heavy atom. The molecule has 0 spiro atoms. The summed E-state index contributed by atoms with van der Waals surface area (Å²) in [6, 6.07) is 12.7. The fourth-order valence-electron chi connectivity index (χ4n) is 1.98. The number of aryl methyl sites for hydroxylation is 1. The van der Waals surface area contributed by atoms with Gasteiger partial charge in [-0.05, 0) is 36.8 Å². The molecule has 0 aliphatic rings. The SMILES string of the molecule is C=CCOc1ccc(C(=O)Nc2ccccc2C)cc1OC. The highest BCUT2D eigenvalue weighted by atomic mass is 16.5. The fourth-order valence-corrected chi connectivity index (χ4v) is 1.98. The van der Waals surface area contributed by atoms with E-state index in [0.29, 0.717) is 23.7 Å². The van der Waals surface area contributed by atoms with E-state index in [9.17, 15) is 4.79 Å². The van der Waals surface area contributed by atoms with Crippen molar-refractivity contribution in [3.8, 4) is 11.5 Å². The van der Waals surface area contributed by atoms with Gasteiger partial charge in [-0.2, -0.15) is 0 Å². The van der Waals surface area contributed by atoms with E-state index in [4.69, 9.17) is 9.47 Å². The van der Waals surface area contributed by atoms with Crippen molar-refractivity contribution in [2.24, 2.45) is 0 Å². The van der Waals surface area contributed by atoms with Crippen LogP contribution in [0.5, 0.6) is 11.5 Å². The van der Waals surface area contributed by atoms with Gasteiger partial charge in [0.15, 0.2) is 11.5 Å². The van der Waals surface area contributed by atoms with Gasteiger partial charge >= 0.3 is 0 Å². The summed E-state index contributed by atoms with van der Waals surface area (Å²) in [6.07, 6.45) is 1.65. The lowest BCUT2D eigenvalue weighted by Gasteiger charge is -2.12. The zero-order valence-corrected chi connectivity index (χ0v) is 12.8. The van der Waals surface area contributed by atoms with E-state index in [1.807, 2.05) is 31.2 Å². The molecule has 0 aliphatic heterocycles. The number of benzene rings is 2. The zero-order chi connectivity index (χ0) is 15.9. The van der Waals surface area contributed by atoms with Crippen molar-refractivity contribution in [2.45, 2.75) is 6.92 Å². The van der Waals surface area contributed by atoms with Gasteiger partial charge in [0.2, 0.25) is 0 Å². The Bertz CT molecular complexity index is 680. The Balaban J connectivity index is 2.19. The number of amides is 1. The number of methoxy groups -OCH3 is 1. The Kier molecular flexibility index (Phi) is 5.20. The molecule has 0 atom stereocenters. The predicted molar refractivity (Wildman–Crippen MR) is 87.8 cm³/mol. The largest absolute Gasteiger partial charge is 0.493 e. The minimum Gasteiger partial charge on any atom is -0.493 e. The van der Waals surface area contributed by atoms with Crippen LogP contribution < -0.4 is 14.8 Å². The number of nitrogens with one attached hydrogen (secondary N) is 1. The van der Waals surface area contributed by atoms with Crippen LogP contribution in [-0.4, -0.2) is 19.6 Å². The Hall–Kier alpha value is -2.75. The predicted octanol–water partition coefficient (Wildman–Crippen LogP) is 3.82. The Morgan fingerprint density at radius 3 is 2.68 bits per heavy atom. The maximum Gasteiger partial charge on any atom is 0.255 e. The topological polar surface area (TPSA) is 47.6 Å². The second-order valence-electron chi connectivity index (χ2n) is 4.73. The van der Waals surface area contributed by atoms with Crippen LogP contribution in [0.2, 0.25) is 0 Å². The normalized spacial score (nSPS) is 9.91. The highest BCUT2D eigenvalue weighted by Crippen LogP contribution is 2.28. The summed E-state index contributed by atoms with van der Waals surface area (Å²) in [4.78, 5) is 12.3. The molecule has 0 fully saturated rings. The second-order valence-corrected chi connectivity index (χ2v) is 4.73. The maximum absolute atomic E-state index is 12.3. The first-order valence-electron chi connectivity index (χ1n) is 6.94. The van der Waals surface area contributed by atoms with Gasteiger partial charge in [0.1, 0.15) is 6.61 Å². The van der Waals surface area contributed by atoms with Crippen LogP contribution in [0.15, 0.2) is 55.1 Å². The molecule has 0 bridgehead atoms. The number of anilines is 1. The zero-order valence-electron chi connectivity index (χ0n) is 12.8. The molecule has 2 rings (SSSR count). The van der Waals surface area contributed by atoms with Crippen LogP contribution in [0.25, 0.3) is 0 Å². The van der Waals surface area contributed by atoms with E-state index < -0.39 is 0 Å². The first kappa shape index (κ1) is 15.6. The summed E-state index contributed by atoms with van der Waals surface area (Å²) in [7, 11) is 1.54. The lowest BCUT2D eigenvalue weighted by Crippen LogP contribution is -2.13. The average molecular weight is 297 g/mol.